The monoisotopic (exact) mass is 461 g/mol. The highest BCUT2D eigenvalue weighted by molar-refractivity contribution is 7.89. The Hall–Kier alpha value is -3.42. The number of amides is 1. The summed E-state index contributed by atoms with van der Waals surface area (Å²) in [5, 5.41) is 4.03. The molecule has 1 aromatic heterocycles. The molecule has 6 nitrogen and oxygen atoms in total. The van der Waals surface area contributed by atoms with Gasteiger partial charge in [-0.15, -0.1) is 0 Å². The minimum atomic E-state index is -3.85. The van der Waals surface area contributed by atoms with Gasteiger partial charge >= 0.3 is 0 Å². The van der Waals surface area contributed by atoms with Crippen LogP contribution in [-0.4, -0.2) is 31.9 Å². The van der Waals surface area contributed by atoms with E-state index in [1.165, 1.54) is 0 Å². The van der Waals surface area contributed by atoms with Gasteiger partial charge in [-0.25, -0.2) is 8.42 Å². The van der Waals surface area contributed by atoms with E-state index < -0.39 is 16.1 Å². The van der Waals surface area contributed by atoms with Crippen LogP contribution in [-0.2, 0) is 27.7 Å². The number of aryl methyl sites for hydroxylation is 1. The number of para-hydroxylation sites is 1. The molecule has 4 rings (SSSR count). The molecule has 0 saturated carbocycles. The third kappa shape index (κ3) is 5.69. The van der Waals surface area contributed by atoms with E-state index >= 15 is 0 Å². The number of fused-ring (bicyclic) bond motifs is 1. The number of hydrogen-bond acceptors (Lipinski definition) is 3. The van der Waals surface area contributed by atoms with Crippen LogP contribution < -0.4 is 10.0 Å². The van der Waals surface area contributed by atoms with Gasteiger partial charge in [0.25, 0.3) is 0 Å². The summed E-state index contributed by atoms with van der Waals surface area (Å²) in [6.07, 6.45) is 2.84. The predicted octanol–water partition coefficient (Wildman–Crippen LogP) is 3.72. The summed E-state index contributed by atoms with van der Waals surface area (Å²) in [4.78, 5) is 16.4. The van der Waals surface area contributed by atoms with Crippen LogP contribution in [0.3, 0.4) is 0 Å². The van der Waals surface area contributed by atoms with E-state index in [2.05, 4.69) is 15.0 Å². The lowest BCUT2D eigenvalue weighted by atomic mass is 10.1. The van der Waals surface area contributed by atoms with Crippen molar-refractivity contribution in [1.82, 2.24) is 15.0 Å². The SMILES string of the molecule is Cc1ccc(S(=O)(=O)N[C@H](Cc2ccccc2)C(=O)NCCc2c[nH]c3ccccc23)cc1. The van der Waals surface area contributed by atoms with Crippen molar-refractivity contribution >= 4 is 26.8 Å². The Morgan fingerprint density at radius 1 is 0.939 bits per heavy atom. The first-order valence-electron chi connectivity index (χ1n) is 10.9. The molecular formula is C26H27N3O3S. The molecule has 1 atom stereocenters. The molecule has 0 spiro atoms. The van der Waals surface area contributed by atoms with Gasteiger partial charge in [0.1, 0.15) is 6.04 Å². The number of sulfonamides is 1. The average Bonchev–Trinajstić information content (AvgIpc) is 3.22. The summed E-state index contributed by atoms with van der Waals surface area (Å²) in [7, 11) is -3.85. The summed E-state index contributed by atoms with van der Waals surface area (Å²) in [6, 6.07) is 23.0. The normalized spacial score (nSPS) is 12.5. The largest absolute Gasteiger partial charge is 0.361 e. The van der Waals surface area contributed by atoms with Crippen molar-refractivity contribution in [1.29, 1.82) is 0 Å². The van der Waals surface area contributed by atoms with Gasteiger partial charge in [0.2, 0.25) is 15.9 Å². The lowest BCUT2D eigenvalue weighted by molar-refractivity contribution is -0.122. The Balaban J connectivity index is 1.47. The third-order valence-electron chi connectivity index (χ3n) is 5.60. The number of nitrogens with one attached hydrogen (secondary N) is 3. The number of aromatic nitrogens is 1. The Morgan fingerprint density at radius 3 is 2.39 bits per heavy atom. The van der Waals surface area contributed by atoms with Gasteiger partial charge in [0, 0.05) is 23.6 Å². The van der Waals surface area contributed by atoms with E-state index in [0.717, 1.165) is 27.6 Å². The average molecular weight is 462 g/mol. The molecule has 0 saturated heterocycles. The standard InChI is InChI=1S/C26H27N3O3S/c1-19-11-13-22(14-12-19)33(31,32)29-25(17-20-7-3-2-4-8-20)26(30)27-16-15-21-18-28-24-10-6-5-9-23(21)24/h2-14,18,25,28-29H,15-17H2,1H3,(H,27,30)/t25-/m1/s1. The summed E-state index contributed by atoms with van der Waals surface area (Å²) >= 11 is 0. The molecule has 0 radical (unpaired) electrons. The Labute approximate surface area is 194 Å². The Kier molecular flexibility index (Phi) is 6.91. The van der Waals surface area contributed by atoms with E-state index in [9.17, 15) is 13.2 Å². The Morgan fingerprint density at radius 2 is 1.64 bits per heavy atom. The molecule has 1 heterocycles. The van der Waals surface area contributed by atoms with Gasteiger partial charge in [0.15, 0.2) is 0 Å². The maximum Gasteiger partial charge on any atom is 0.241 e. The fraction of sp³-hybridized carbons (Fsp3) is 0.192. The lowest BCUT2D eigenvalue weighted by Gasteiger charge is -2.19. The quantitative estimate of drug-likeness (QED) is 0.355. The van der Waals surface area contributed by atoms with Crippen LogP contribution >= 0.6 is 0 Å². The van der Waals surface area contributed by atoms with Gasteiger partial charge in [-0.2, -0.15) is 4.72 Å². The minimum Gasteiger partial charge on any atom is -0.361 e. The highest BCUT2D eigenvalue weighted by atomic mass is 32.2. The van der Waals surface area contributed by atoms with Crippen molar-refractivity contribution in [2.75, 3.05) is 6.54 Å². The van der Waals surface area contributed by atoms with Crippen LogP contribution in [0, 0.1) is 6.92 Å². The number of rotatable bonds is 9. The van der Waals surface area contributed by atoms with Crippen molar-refractivity contribution in [2.45, 2.75) is 30.7 Å². The first kappa shape index (κ1) is 22.8. The van der Waals surface area contributed by atoms with Crippen molar-refractivity contribution in [2.24, 2.45) is 0 Å². The number of carbonyl (C=O) groups excluding carboxylic acids is 1. The van der Waals surface area contributed by atoms with Gasteiger partial charge < -0.3 is 10.3 Å². The summed E-state index contributed by atoms with van der Waals surface area (Å²) < 4.78 is 28.5. The maximum absolute atomic E-state index is 13.1. The first-order valence-corrected chi connectivity index (χ1v) is 12.4. The fourth-order valence-electron chi connectivity index (χ4n) is 3.79. The molecule has 0 aliphatic heterocycles. The molecule has 1 amide bonds. The molecule has 33 heavy (non-hydrogen) atoms. The zero-order valence-corrected chi connectivity index (χ0v) is 19.2. The van der Waals surface area contributed by atoms with E-state index in [4.69, 9.17) is 0 Å². The molecule has 0 bridgehead atoms. The molecule has 0 aliphatic rings. The number of hydrogen-bond donors (Lipinski definition) is 3. The topological polar surface area (TPSA) is 91.1 Å². The smallest absolute Gasteiger partial charge is 0.241 e. The second-order valence-corrected chi connectivity index (χ2v) is 9.79. The Bertz CT molecular complexity index is 1330. The summed E-state index contributed by atoms with van der Waals surface area (Å²) in [5.41, 5.74) is 3.99. The zero-order chi connectivity index (χ0) is 23.3. The molecule has 170 valence electrons. The van der Waals surface area contributed by atoms with E-state index in [1.54, 1.807) is 24.3 Å². The van der Waals surface area contributed by atoms with Crippen molar-refractivity contribution in [3.05, 3.63) is 102 Å². The molecule has 0 aliphatic carbocycles. The van der Waals surface area contributed by atoms with Crippen LogP contribution in [0.5, 0.6) is 0 Å². The van der Waals surface area contributed by atoms with Crippen LogP contribution in [0.15, 0.2) is 90.0 Å². The van der Waals surface area contributed by atoms with Gasteiger partial charge in [-0.05, 0) is 49.1 Å². The van der Waals surface area contributed by atoms with Crippen molar-refractivity contribution in [3.8, 4) is 0 Å². The number of benzene rings is 3. The molecule has 7 heteroatoms. The lowest BCUT2D eigenvalue weighted by Crippen LogP contribution is -2.48. The molecule has 4 aromatic rings. The van der Waals surface area contributed by atoms with E-state index in [0.29, 0.717) is 13.0 Å². The van der Waals surface area contributed by atoms with Crippen LogP contribution in [0.1, 0.15) is 16.7 Å². The van der Waals surface area contributed by atoms with Gasteiger partial charge in [-0.1, -0.05) is 66.2 Å². The molecule has 0 fully saturated rings. The third-order valence-corrected chi connectivity index (χ3v) is 7.08. The van der Waals surface area contributed by atoms with Gasteiger partial charge in [0.05, 0.1) is 4.90 Å². The second kappa shape index (κ2) is 10.0. The fourth-order valence-corrected chi connectivity index (χ4v) is 4.99. The van der Waals surface area contributed by atoms with Crippen LogP contribution in [0.2, 0.25) is 0 Å². The number of carbonyl (C=O) groups is 1. The minimum absolute atomic E-state index is 0.137. The molecule has 0 unspecified atom stereocenters. The van der Waals surface area contributed by atoms with Crippen molar-refractivity contribution < 1.29 is 13.2 Å². The summed E-state index contributed by atoms with van der Waals surface area (Å²) in [5.74, 6) is -0.352. The zero-order valence-electron chi connectivity index (χ0n) is 18.4. The first-order chi connectivity index (χ1) is 15.9. The van der Waals surface area contributed by atoms with E-state index in [1.807, 2.05) is 67.7 Å². The van der Waals surface area contributed by atoms with Crippen LogP contribution in [0.25, 0.3) is 10.9 Å². The van der Waals surface area contributed by atoms with Crippen LogP contribution in [0.4, 0.5) is 0 Å². The van der Waals surface area contributed by atoms with Gasteiger partial charge in [-0.3, -0.25) is 4.79 Å². The number of H-pyrrole nitrogens is 1. The summed E-state index contributed by atoms with van der Waals surface area (Å²) in [6.45, 7) is 2.29. The van der Waals surface area contributed by atoms with E-state index in [-0.39, 0.29) is 17.2 Å². The maximum atomic E-state index is 13.1. The van der Waals surface area contributed by atoms with Crippen molar-refractivity contribution in [3.63, 3.8) is 0 Å². The number of aromatic amines is 1. The molecule has 3 N–H and O–H groups in total. The highest BCUT2D eigenvalue weighted by Gasteiger charge is 2.26. The highest BCUT2D eigenvalue weighted by Crippen LogP contribution is 2.18. The second-order valence-electron chi connectivity index (χ2n) is 8.08. The molecular weight excluding hydrogens is 434 g/mol. The molecule has 3 aromatic carbocycles. The predicted molar refractivity (Wildman–Crippen MR) is 130 cm³/mol.